The highest BCUT2D eigenvalue weighted by Crippen LogP contribution is 2.39. The van der Waals surface area contributed by atoms with E-state index in [1.807, 2.05) is 30.3 Å². The Morgan fingerprint density at radius 1 is 0.976 bits per heavy atom. The van der Waals surface area contributed by atoms with E-state index in [1.165, 1.54) is 18.6 Å². The monoisotopic (exact) mass is 565 g/mol. The van der Waals surface area contributed by atoms with Gasteiger partial charge < -0.3 is 9.67 Å². The predicted molar refractivity (Wildman–Crippen MR) is 147 cm³/mol. The molecular weight excluding hydrogens is 543 g/mol. The number of aromatic nitrogens is 6. The normalized spacial score (nSPS) is 13.1. The molecule has 42 heavy (non-hydrogen) atoms. The summed E-state index contributed by atoms with van der Waals surface area (Å²) in [5.41, 5.74) is 0.0866. The van der Waals surface area contributed by atoms with Crippen LogP contribution in [0.5, 0.6) is 0 Å². The first-order valence-corrected chi connectivity index (χ1v) is 12.8. The van der Waals surface area contributed by atoms with E-state index in [1.54, 1.807) is 53.0 Å². The summed E-state index contributed by atoms with van der Waals surface area (Å²) in [6.07, 6.45) is 3.05. The highest BCUT2D eigenvalue weighted by molar-refractivity contribution is 5.88. The van der Waals surface area contributed by atoms with E-state index in [0.29, 0.717) is 45.5 Å². The van der Waals surface area contributed by atoms with E-state index in [9.17, 15) is 23.5 Å². The van der Waals surface area contributed by atoms with Crippen LogP contribution in [0, 0.1) is 11.3 Å². The van der Waals surface area contributed by atoms with Crippen LogP contribution in [0.25, 0.3) is 16.7 Å². The van der Waals surface area contributed by atoms with Gasteiger partial charge in [0, 0.05) is 48.6 Å². The lowest BCUT2D eigenvalue weighted by Gasteiger charge is -2.30. The van der Waals surface area contributed by atoms with Crippen molar-refractivity contribution in [3.63, 3.8) is 0 Å². The number of aryl methyl sites for hydroxylation is 1. The topological polar surface area (TPSA) is 105 Å². The highest BCUT2D eigenvalue weighted by atomic mass is 19.4. The molecule has 0 spiro atoms. The Bertz CT molecular complexity index is 1930. The Labute approximate surface area is 238 Å². The zero-order chi connectivity index (χ0) is 29.5. The van der Waals surface area contributed by atoms with E-state index in [4.69, 9.17) is 4.98 Å². The van der Waals surface area contributed by atoms with E-state index in [-0.39, 0.29) is 5.56 Å². The largest absolute Gasteiger partial charge is 0.433 e. The zero-order valence-electron chi connectivity index (χ0n) is 22.2. The fourth-order valence-corrected chi connectivity index (χ4v) is 5.14. The first-order valence-electron chi connectivity index (χ1n) is 12.8. The van der Waals surface area contributed by atoms with Gasteiger partial charge in [-0.3, -0.25) is 4.98 Å². The third-order valence-corrected chi connectivity index (χ3v) is 7.20. The number of pyridine rings is 2. The summed E-state index contributed by atoms with van der Waals surface area (Å²) in [7, 11) is 1.67. The number of fused-ring (bicyclic) bond motifs is 1. The molecule has 11 heteroatoms. The lowest BCUT2D eigenvalue weighted by Crippen LogP contribution is -2.31. The molecule has 0 aliphatic carbocycles. The number of imidazole rings is 1. The Hall–Kier alpha value is -5.34. The van der Waals surface area contributed by atoms with Crippen molar-refractivity contribution in [2.24, 2.45) is 7.05 Å². The number of nitriles is 1. The van der Waals surface area contributed by atoms with Gasteiger partial charge in [-0.2, -0.15) is 23.5 Å². The number of alkyl halides is 3. The van der Waals surface area contributed by atoms with Crippen molar-refractivity contribution in [1.29, 1.82) is 5.26 Å². The second-order valence-electron chi connectivity index (χ2n) is 9.78. The molecule has 0 amide bonds. The van der Waals surface area contributed by atoms with Crippen molar-refractivity contribution >= 4 is 10.9 Å². The first kappa shape index (κ1) is 26.9. The number of halogens is 3. The van der Waals surface area contributed by atoms with Crippen LogP contribution in [0.2, 0.25) is 0 Å². The summed E-state index contributed by atoms with van der Waals surface area (Å²) in [5.74, 6) is 0.495. The third kappa shape index (κ3) is 4.57. The predicted octanol–water partition coefficient (Wildman–Crippen LogP) is 5.31. The average Bonchev–Trinajstić information content (AvgIpc) is 3.69. The minimum absolute atomic E-state index is 0.0996. The Morgan fingerprint density at radius 3 is 2.38 bits per heavy atom. The van der Waals surface area contributed by atoms with Crippen LogP contribution in [0.4, 0.5) is 13.2 Å². The van der Waals surface area contributed by atoms with E-state index in [0.717, 1.165) is 17.8 Å². The van der Waals surface area contributed by atoms with Gasteiger partial charge in [0.25, 0.3) is 0 Å². The van der Waals surface area contributed by atoms with Crippen molar-refractivity contribution in [2.75, 3.05) is 0 Å². The zero-order valence-corrected chi connectivity index (χ0v) is 22.2. The molecule has 0 aliphatic heterocycles. The summed E-state index contributed by atoms with van der Waals surface area (Å²) in [4.78, 5) is 12.6. The Balaban J connectivity index is 1.60. The van der Waals surface area contributed by atoms with Crippen molar-refractivity contribution < 1.29 is 18.3 Å². The molecule has 8 nitrogen and oxygen atoms in total. The number of hydrogen-bond acceptors (Lipinski definition) is 6. The molecule has 0 radical (unpaired) electrons. The van der Waals surface area contributed by atoms with Crippen LogP contribution in [-0.4, -0.2) is 34.4 Å². The number of hydrogen-bond donors (Lipinski definition) is 1. The minimum Gasteiger partial charge on any atom is -0.374 e. The smallest absolute Gasteiger partial charge is 0.374 e. The minimum atomic E-state index is -4.64. The lowest BCUT2D eigenvalue weighted by molar-refractivity contribution is -0.141. The van der Waals surface area contributed by atoms with Gasteiger partial charge in [-0.15, -0.1) is 0 Å². The Morgan fingerprint density at radius 2 is 1.76 bits per heavy atom. The van der Waals surface area contributed by atoms with Crippen LogP contribution >= 0.6 is 0 Å². The molecule has 0 aliphatic rings. The SMILES string of the molecule is Cn1cncc1C(O)(c1ccc(C(F)(F)F)nc1)c1ccc2nc(-n3cccn3)c(Cc3ccccc3)c(C#N)c2c1. The van der Waals surface area contributed by atoms with Crippen LogP contribution in [0.1, 0.15) is 39.2 Å². The Kier molecular flexibility index (Phi) is 6.55. The van der Waals surface area contributed by atoms with Gasteiger partial charge in [0.2, 0.25) is 0 Å². The molecule has 0 saturated heterocycles. The maximum absolute atomic E-state index is 13.3. The van der Waals surface area contributed by atoms with E-state index >= 15 is 0 Å². The number of aliphatic hydroxyl groups is 1. The van der Waals surface area contributed by atoms with Gasteiger partial charge in [-0.1, -0.05) is 42.5 Å². The summed E-state index contributed by atoms with van der Waals surface area (Å²) in [6, 6.07) is 20.7. The van der Waals surface area contributed by atoms with Gasteiger partial charge >= 0.3 is 6.18 Å². The van der Waals surface area contributed by atoms with Crippen molar-refractivity contribution in [2.45, 2.75) is 18.2 Å². The molecular formula is C31H22F3N7O. The molecule has 4 aromatic heterocycles. The van der Waals surface area contributed by atoms with Gasteiger partial charge in [-0.25, -0.2) is 14.6 Å². The van der Waals surface area contributed by atoms with Crippen LogP contribution in [-0.2, 0) is 25.2 Å². The average molecular weight is 566 g/mol. The van der Waals surface area contributed by atoms with E-state index in [2.05, 4.69) is 21.1 Å². The second-order valence-corrected chi connectivity index (χ2v) is 9.78. The molecule has 0 saturated carbocycles. The summed E-state index contributed by atoms with van der Waals surface area (Å²) in [5, 5.41) is 27.6. The van der Waals surface area contributed by atoms with E-state index < -0.39 is 17.5 Å². The molecule has 2 aromatic carbocycles. The molecule has 4 heterocycles. The summed E-state index contributed by atoms with van der Waals surface area (Å²) < 4.78 is 43.0. The van der Waals surface area contributed by atoms with Crippen LogP contribution in [0.15, 0.2) is 97.8 Å². The molecule has 0 fully saturated rings. The lowest BCUT2D eigenvalue weighted by atomic mass is 9.83. The number of benzene rings is 2. The maximum Gasteiger partial charge on any atom is 0.433 e. The third-order valence-electron chi connectivity index (χ3n) is 7.20. The molecule has 208 valence electrons. The van der Waals surface area contributed by atoms with Crippen molar-refractivity contribution in [1.82, 2.24) is 29.3 Å². The fraction of sp³-hybridized carbons (Fsp3) is 0.129. The van der Waals surface area contributed by atoms with Gasteiger partial charge in [0.05, 0.1) is 29.3 Å². The van der Waals surface area contributed by atoms with Gasteiger partial charge in [0.1, 0.15) is 11.8 Å². The maximum atomic E-state index is 13.3. The van der Waals surface area contributed by atoms with Gasteiger partial charge in [0.15, 0.2) is 11.4 Å². The fourth-order valence-electron chi connectivity index (χ4n) is 5.14. The molecule has 1 N–H and O–H groups in total. The van der Waals surface area contributed by atoms with Crippen molar-refractivity contribution in [3.8, 4) is 11.9 Å². The molecule has 0 bridgehead atoms. The molecule has 1 atom stereocenters. The molecule has 1 unspecified atom stereocenters. The molecule has 6 aromatic rings. The standard InChI is InChI=1S/C31H22F3N7O/c1-40-19-36-18-28(40)30(42,22-9-11-27(37-17-22)31(32,33)34)21-8-10-26-23(15-21)25(16-35)24(14-20-6-3-2-4-7-20)29(39-26)41-13-5-12-38-41/h2-13,15,17-19,42H,14H2,1H3. The quantitative estimate of drug-likeness (QED) is 0.293. The number of nitrogens with zero attached hydrogens (tertiary/aromatic N) is 7. The highest BCUT2D eigenvalue weighted by Gasteiger charge is 2.39. The number of rotatable bonds is 6. The first-order chi connectivity index (χ1) is 20.2. The van der Waals surface area contributed by atoms with Crippen LogP contribution in [0.3, 0.4) is 0 Å². The summed E-state index contributed by atoms with van der Waals surface area (Å²) in [6.45, 7) is 0. The van der Waals surface area contributed by atoms with Crippen molar-refractivity contribution in [3.05, 3.63) is 137 Å². The molecule has 6 rings (SSSR count). The second kappa shape index (κ2) is 10.2. The van der Waals surface area contributed by atoms with Crippen LogP contribution < -0.4 is 0 Å². The summed E-state index contributed by atoms with van der Waals surface area (Å²) >= 11 is 0. The van der Waals surface area contributed by atoms with Gasteiger partial charge in [-0.05, 0) is 35.4 Å².